The molecule has 0 spiro atoms. The van der Waals surface area contributed by atoms with Crippen molar-refractivity contribution in [3.63, 3.8) is 0 Å². The van der Waals surface area contributed by atoms with Crippen LogP contribution in [-0.4, -0.2) is 74.1 Å². The van der Waals surface area contributed by atoms with Crippen LogP contribution in [0.25, 0.3) is 0 Å². The molecular formula is C19H31N5O2. The predicted octanol–water partition coefficient (Wildman–Crippen LogP) is 0.799. The molecule has 1 aliphatic heterocycles. The summed E-state index contributed by atoms with van der Waals surface area (Å²) in [5, 5.41) is 8.41. The van der Waals surface area contributed by atoms with Crippen LogP contribution in [-0.2, 0) is 4.79 Å². The molecule has 7 nitrogen and oxygen atoms in total. The Morgan fingerprint density at radius 3 is 2.31 bits per heavy atom. The molecule has 1 saturated heterocycles. The molecule has 0 saturated carbocycles. The first-order valence-electron chi connectivity index (χ1n) is 9.07. The predicted molar refractivity (Wildman–Crippen MR) is 103 cm³/mol. The first-order chi connectivity index (χ1) is 12.3. The van der Waals surface area contributed by atoms with E-state index >= 15 is 0 Å². The van der Waals surface area contributed by atoms with Crippen molar-refractivity contribution in [1.82, 2.24) is 25.8 Å². The lowest BCUT2D eigenvalue weighted by Crippen LogP contribution is -2.57. The lowest BCUT2D eigenvalue weighted by molar-refractivity contribution is -0.122. The number of nitrogens with one attached hydrogen (secondary N) is 3. The Kier molecular flexibility index (Phi) is 6.99. The minimum atomic E-state index is -0.722. The smallest absolute Gasteiger partial charge is 0.316 e. The van der Waals surface area contributed by atoms with Gasteiger partial charge in [0.2, 0.25) is 5.91 Å². The highest BCUT2D eigenvalue weighted by Crippen LogP contribution is 2.13. The van der Waals surface area contributed by atoms with E-state index in [-0.39, 0.29) is 11.9 Å². The van der Waals surface area contributed by atoms with Crippen LogP contribution in [0.1, 0.15) is 25.5 Å². The molecule has 0 unspecified atom stereocenters. The standard InChI is InChI=1S/C19H31N5O2/c1-19(2,14-24-12-10-23(4)11-13-24)22-18(26)21-16(17(25)20-3)15-8-6-5-7-9-15/h5-9,16H,10-14H2,1-4H3,(H,20,25)(H2,21,22,26)/t16-/m1/s1. The van der Waals surface area contributed by atoms with Crippen molar-refractivity contribution in [3.8, 4) is 0 Å². The Bertz CT molecular complexity index is 597. The number of carbonyl (C=O) groups excluding carboxylic acids is 2. The van der Waals surface area contributed by atoms with Crippen LogP contribution in [0.5, 0.6) is 0 Å². The number of amides is 3. The second-order valence-corrected chi connectivity index (χ2v) is 7.52. The van der Waals surface area contributed by atoms with Crippen LogP contribution in [0.2, 0.25) is 0 Å². The van der Waals surface area contributed by atoms with Gasteiger partial charge in [0, 0.05) is 45.3 Å². The molecule has 1 aromatic carbocycles. The van der Waals surface area contributed by atoms with Gasteiger partial charge in [0.1, 0.15) is 6.04 Å². The molecule has 1 heterocycles. The van der Waals surface area contributed by atoms with Crippen molar-refractivity contribution >= 4 is 11.9 Å². The lowest BCUT2D eigenvalue weighted by Gasteiger charge is -2.38. The molecule has 3 amide bonds. The molecule has 7 heteroatoms. The fourth-order valence-corrected chi connectivity index (χ4v) is 3.17. The van der Waals surface area contributed by atoms with Crippen LogP contribution in [0.15, 0.2) is 30.3 Å². The Morgan fingerprint density at radius 1 is 1.12 bits per heavy atom. The highest BCUT2D eigenvalue weighted by atomic mass is 16.2. The van der Waals surface area contributed by atoms with Crippen molar-refractivity contribution in [2.75, 3.05) is 46.8 Å². The second-order valence-electron chi connectivity index (χ2n) is 7.52. The third-order valence-electron chi connectivity index (χ3n) is 4.58. The molecule has 0 radical (unpaired) electrons. The number of likely N-dealkylation sites (N-methyl/N-ethyl adjacent to an activating group) is 2. The Hall–Kier alpha value is -2.12. The molecule has 0 aliphatic carbocycles. The summed E-state index contributed by atoms with van der Waals surface area (Å²) in [5.41, 5.74) is 0.350. The first-order valence-corrected chi connectivity index (χ1v) is 9.07. The summed E-state index contributed by atoms with van der Waals surface area (Å²) >= 11 is 0. The molecule has 1 aliphatic rings. The highest BCUT2D eigenvalue weighted by molar-refractivity contribution is 5.88. The number of hydrogen-bond acceptors (Lipinski definition) is 4. The molecule has 144 valence electrons. The van der Waals surface area contributed by atoms with Gasteiger partial charge in [0.15, 0.2) is 0 Å². The molecule has 1 aromatic rings. The zero-order chi connectivity index (χ0) is 19.2. The minimum Gasteiger partial charge on any atom is -0.357 e. The van der Waals surface area contributed by atoms with Crippen LogP contribution in [0.3, 0.4) is 0 Å². The van der Waals surface area contributed by atoms with E-state index in [1.54, 1.807) is 7.05 Å². The zero-order valence-electron chi connectivity index (χ0n) is 16.2. The van der Waals surface area contributed by atoms with Crippen molar-refractivity contribution < 1.29 is 9.59 Å². The summed E-state index contributed by atoms with van der Waals surface area (Å²) in [7, 11) is 3.69. The normalized spacial score (nSPS) is 17.4. The van der Waals surface area contributed by atoms with Crippen LogP contribution in [0, 0.1) is 0 Å². The van der Waals surface area contributed by atoms with E-state index in [9.17, 15) is 9.59 Å². The number of benzene rings is 1. The molecule has 2 rings (SSSR count). The van der Waals surface area contributed by atoms with Crippen LogP contribution < -0.4 is 16.0 Å². The summed E-state index contributed by atoms with van der Waals surface area (Å²) in [6.07, 6.45) is 0. The van der Waals surface area contributed by atoms with Crippen molar-refractivity contribution in [1.29, 1.82) is 0 Å². The summed E-state index contributed by atoms with van der Waals surface area (Å²) in [6.45, 7) is 8.83. The average Bonchev–Trinajstić information content (AvgIpc) is 2.61. The van der Waals surface area contributed by atoms with E-state index in [1.807, 2.05) is 44.2 Å². The maximum Gasteiger partial charge on any atom is 0.316 e. The van der Waals surface area contributed by atoms with Crippen molar-refractivity contribution in [2.24, 2.45) is 0 Å². The molecule has 0 aromatic heterocycles. The molecule has 3 N–H and O–H groups in total. The fourth-order valence-electron chi connectivity index (χ4n) is 3.17. The summed E-state index contributed by atoms with van der Waals surface area (Å²) < 4.78 is 0. The highest BCUT2D eigenvalue weighted by Gasteiger charge is 2.28. The van der Waals surface area contributed by atoms with Gasteiger partial charge in [-0.1, -0.05) is 30.3 Å². The summed E-state index contributed by atoms with van der Waals surface area (Å²) in [4.78, 5) is 29.4. The molecule has 1 atom stereocenters. The van der Waals surface area contributed by atoms with E-state index in [1.165, 1.54) is 0 Å². The Balaban J connectivity index is 1.95. The SMILES string of the molecule is CNC(=O)[C@H](NC(=O)NC(C)(C)CN1CCN(C)CC1)c1ccccc1. The van der Waals surface area contributed by atoms with Crippen molar-refractivity contribution in [3.05, 3.63) is 35.9 Å². The number of piperazine rings is 1. The monoisotopic (exact) mass is 361 g/mol. The minimum absolute atomic E-state index is 0.247. The fraction of sp³-hybridized carbons (Fsp3) is 0.579. The maximum atomic E-state index is 12.5. The molecule has 1 fully saturated rings. The van der Waals surface area contributed by atoms with E-state index in [2.05, 4.69) is 32.8 Å². The van der Waals surface area contributed by atoms with Gasteiger partial charge < -0.3 is 20.9 Å². The number of nitrogens with zero attached hydrogens (tertiary/aromatic N) is 2. The lowest BCUT2D eigenvalue weighted by atomic mass is 10.0. The van der Waals surface area contributed by atoms with E-state index < -0.39 is 11.6 Å². The largest absolute Gasteiger partial charge is 0.357 e. The summed E-state index contributed by atoms with van der Waals surface area (Å²) in [6, 6.07) is 8.17. The topological polar surface area (TPSA) is 76.7 Å². The second kappa shape index (κ2) is 9.00. The molecule has 26 heavy (non-hydrogen) atoms. The first kappa shape index (κ1) is 20.2. The third-order valence-corrected chi connectivity index (χ3v) is 4.58. The number of rotatable bonds is 6. The maximum absolute atomic E-state index is 12.5. The zero-order valence-corrected chi connectivity index (χ0v) is 16.2. The molecular weight excluding hydrogens is 330 g/mol. The average molecular weight is 361 g/mol. The van der Waals surface area contributed by atoms with Gasteiger partial charge in [0.05, 0.1) is 0 Å². The summed E-state index contributed by atoms with van der Waals surface area (Å²) in [5.74, 6) is -0.247. The Morgan fingerprint density at radius 2 is 1.73 bits per heavy atom. The van der Waals surface area contributed by atoms with Crippen LogP contribution >= 0.6 is 0 Å². The van der Waals surface area contributed by atoms with Gasteiger partial charge in [-0.15, -0.1) is 0 Å². The Labute approximate surface area is 156 Å². The third kappa shape index (κ3) is 6.00. The molecule has 0 bridgehead atoms. The van der Waals surface area contributed by atoms with Gasteiger partial charge in [-0.3, -0.25) is 9.69 Å². The van der Waals surface area contributed by atoms with Gasteiger partial charge in [-0.2, -0.15) is 0 Å². The quantitative estimate of drug-likeness (QED) is 0.700. The van der Waals surface area contributed by atoms with E-state index in [0.717, 1.165) is 38.3 Å². The van der Waals surface area contributed by atoms with E-state index in [0.29, 0.717) is 0 Å². The number of hydrogen-bond donors (Lipinski definition) is 3. The van der Waals surface area contributed by atoms with E-state index in [4.69, 9.17) is 0 Å². The van der Waals surface area contributed by atoms with Gasteiger partial charge >= 0.3 is 6.03 Å². The number of urea groups is 1. The van der Waals surface area contributed by atoms with Crippen LogP contribution in [0.4, 0.5) is 4.79 Å². The van der Waals surface area contributed by atoms with Gasteiger partial charge in [-0.25, -0.2) is 4.79 Å². The number of carbonyl (C=O) groups is 2. The van der Waals surface area contributed by atoms with Crippen molar-refractivity contribution in [2.45, 2.75) is 25.4 Å². The van der Waals surface area contributed by atoms with Gasteiger partial charge in [0.25, 0.3) is 0 Å². The van der Waals surface area contributed by atoms with Gasteiger partial charge in [-0.05, 0) is 26.5 Å².